The number of rotatable bonds is 7. The molecule has 1 saturated heterocycles. The molecule has 4 nitrogen and oxygen atoms in total. The summed E-state index contributed by atoms with van der Waals surface area (Å²) in [4.78, 5) is 14.7. The lowest BCUT2D eigenvalue weighted by Gasteiger charge is -2.32. The first kappa shape index (κ1) is 21.6. The van der Waals surface area contributed by atoms with Crippen molar-refractivity contribution in [2.45, 2.75) is 39.3 Å². The van der Waals surface area contributed by atoms with Crippen LogP contribution in [0.15, 0.2) is 42.5 Å². The van der Waals surface area contributed by atoms with Crippen LogP contribution in [-0.2, 0) is 11.3 Å². The van der Waals surface area contributed by atoms with Crippen LogP contribution >= 0.6 is 11.6 Å². The normalized spacial score (nSPS) is 16.4. The van der Waals surface area contributed by atoms with Crippen molar-refractivity contribution in [1.82, 2.24) is 10.2 Å². The number of aryl methyl sites for hydroxylation is 1. The Morgan fingerprint density at radius 2 is 1.93 bits per heavy atom. The summed E-state index contributed by atoms with van der Waals surface area (Å²) in [6, 6.07) is 12.6. The maximum absolute atomic E-state index is 14.0. The van der Waals surface area contributed by atoms with Crippen molar-refractivity contribution >= 4 is 17.5 Å². The van der Waals surface area contributed by atoms with Gasteiger partial charge in [0.25, 0.3) is 0 Å². The van der Waals surface area contributed by atoms with Crippen LogP contribution in [0.1, 0.15) is 30.9 Å². The average Bonchev–Trinajstić information content (AvgIpc) is 2.70. The number of halogens is 2. The van der Waals surface area contributed by atoms with Crippen LogP contribution in [0.5, 0.6) is 5.75 Å². The molecule has 2 aromatic rings. The van der Waals surface area contributed by atoms with Gasteiger partial charge in [0.05, 0.1) is 6.04 Å². The van der Waals surface area contributed by atoms with Crippen LogP contribution in [0.2, 0.25) is 5.02 Å². The van der Waals surface area contributed by atoms with Crippen molar-refractivity contribution in [2.75, 3.05) is 19.7 Å². The van der Waals surface area contributed by atoms with E-state index < -0.39 is 0 Å². The molecule has 1 atom stereocenters. The number of piperidine rings is 1. The average molecular weight is 419 g/mol. The van der Waals surface area contributed by atoms with Gasteiger partial charge in [0.15, 0.2) is 0 Å². The van der Waals surface area contributed by atoms with Gasteiger partial charge in [-0.25, -0.2) is 4.39 Å². The third-order valence-electron chi connectivity index (χ3n) is 5.28. The SMILES string of the molecule is Cc1ccc(OC[C@@H](C)NC(=O)C2CCN(Cc3ccc(Cl)cc3F)CC2)cc1. The molecule has 1 amide bonds. The zero-order chi connectivity index (χ0) is 20.8. The van der Waals surface area contributed by atoms with Gasteiger partial charge in [0.1, 0.15) is 18.2 Å². The first-order valence-electron chi connectivity index (χ1n) is 10.1. The standard InChI is InChI=1S/C23H28ClFN2O2/c1-16-3-7-21(8-4-16)29-15-17(2)26-23(28)18-9-11-27(12-10-18)14-19-5-6-20(24)13-22(19)25/h3-8,13,17-18H,9-12,14-15H2,1-2H3,(H,26,28)/t17-/m1/s1. The number of likely N-dealkylation sites (tertiary alicyclic amines) is 1. The molecule has 1 heterocycles. The Morgan fingerprint density at radius 3 is 2.59 bits per heavy atom. The number of nitrogens with zero attached hydrogens (tertiary/aromatic N) is 1. The molecule has 156 valence electrons. The molecule has 1 aliphatic rings. The minimum Gasteiger partial charge on any atom is -0.491 e. The largest absolute Gasteiger partial charge is 0.491 e. The van der Waals surface area contributed by atoms with Gasteiger partial charge < -0.3 is 10.1 Å². The van der Waals surface area contributed by atoms with E-state index >= 15 is 0 Å². The molecule has 1 N–H and O–H groups in total. The first-order valence-corrected chi connectivity index (χ1v) is 10.4. The van der Waals surface area contributed by atoms with E-state index in [0.29, 0.717) is 23.7 Å². The highest BCUT2D eigenvalue weighted by Crippen LogP contribution is 2.22. The molecular weight excluding hydrogens is 391 g/mol. The lowest BCUT2D eigenvalue weighted by Crippen LogP contribution is -2.44. The third-order valence-corrected chi connectivity index (χ3v) is 5.51. The fourth-order valence-electron chi connectivity index (χ4n) is 3.50. The van der Waals surface area contributed by atoms with E-state index in [1.807, 2.05) is 38.1 Å². The molecule has 0 bridgehead atoms. The van der Waals surface area contributed by atoms with Crippen LogP contribution < -0.4 is 10.1 Å². The summed E-state index contributed by atoms with van der Waals surface area (Å²) >= 11 is 5.81. The van der Waals surface area contributed by atoms with E-state index in [1.54, 1.807) is 12.1 Å². The summed E-state index contributed by atoms with van der Waals surface area (Å²) in [5.74, 6) is 0.588. The third kappa shape index (κ3) is 6.44. The van der Waals surface area contributed by atoms with Gasteiger partial charge in [-0.15, -0.1) is 0 Å². The topological polar surface area (TPSA) is 41.6 Å². The number of amides is 1. The second-order valence-corrected chi connectivity index (χ2v) is 8.26. The van der Waals surface area contributed by atoms with Gasteiger partial charge in [-0.1, -0.05) is 35.4 Å². The van der Waals surface area contributed by atoms with Gasteiger partial charge >= 0.3 is 0 Å². The number of carbonyl (C=O) groups excluding carboxylic acids is 1. The minimum atomic E-state index is -0.278. The quantitative estimate of drug-likeness (QED) is 0.715. The molecule has 0 saturated carbocycles. The Morgan fingerprint density at radius 1 is 1.24 bits per heavy atom. The van der Waals surface area contributed by atoms with Gasteiger partial charge in [0, 0.05) is 23.0 Å². The molecule has 6 heteroatoms. The second-order valence-electron chi connectivity index (χ2n) is 7.82. The van der Waals surface area contributed by atoms with Crippen molar-refractivity contribution in [2.24, 2.45) is 5.92 Å². The molecule has 0 aliphatic carbocycles. The van der Waals surface area contributed by atoms with Crippen LogP contribution in [-0.4, -0.2) is 36.5 Å². The van der Waals surface area contributed by atoms with E-state index in [-0.39, 0.29) is 23.7 Å². The minimum absolute atomic E-state index is 0.0110. The molecule has 0 radical (unpaired) electrons. The Labute approximate surface area is 177 Å². The number of nitrogens with one attached hydrogen (secondary N) is 1. The molecule has 1 fully saturated rings. The summed E-state index contributed by atoms with van der Waals surface area (Å²) in [7, 11) is 0. The highest BCUT2D eigenvalue weighted by Gasteiger charge is 2.26. The van der Waals surface area contributed by atoms with Crippen molar-refractivity contribution < 1.29 is 13.9 Å². The van der Waals surface area contributed by atoms with Crippen LogP contribution in [0.25, 0.3) is 0 Å². The first-order chi connectivity index (χ1) is 13.9. The highest BCUT2D eigenvalue weighted by atomic mass is 35.5. The van der Waals surface area contributed by atoms with Crippen LogP contribution in [0.3, 0.4) is 0 Å². The predicted molar refractivity (Wildman–Crippen MR) is 114 cm³/mol. The Balaban J connectivity index is 1.40. The highest BCUT2D eigenvalue weighted by molar-refractivity contribution is 6.30. The van der Waals surface area contributed by atoms with Gasteiger partial charge in [0.2, 0.25) is 5.91 Å². The van der Waals surface area contributed by atoms with Crippen molar-refractivity contribution in [1.29, 1.82) is 0 Å². The lowest BCUT2D eigenvalue weighted by atomic mass is 9.95. The van der Waals surface area contributed by atoms with E-state index in [9.17, 15) is 9.18 Å². The number of benzene rings is 2. The van der Waals surface area contributed by atoms with E-state index in [2.05, 4.69) is 10.2 Å². The van der Waals surface area contributed by atoms with E-state index in [0.717, 1.165) is 31.7 Å². The Hall–Kier alpha value is -2.11. The molecular formula is C23H28ClFN2O2. The molecule has 2 aromatic carbocycles. The summed E-state index contributed by atoms with van der Waals surface area (Å²) in [5, 5.41) is 3.46. The summed E-state index contributed by atoms with van der Waals surface area (Å²) in [5.41, 5.74) is 1.82. The lowest BCUT2D eigenvalue weighted by molar-refractivity contribution is -0.127. The molecule has 0 unspecified atom stereocenters. The molecule has 3 rings (SSSR count). The van der Waals surface area contributed by atoms with Gasteiger partial charge in [-0.05, 0) is 64.0 Å². The zero-order valence-electron chi connectivity index (χ0n) is 17.0. The molecule has 1 aliphatic heterocycles. The Kier molecular flexibility index (Phi) is 7.51. The fraction of sp³-hybridized carbons (Fsp3) is 0.435. The van der Waals surface area contributed by atoms with Gasteiger partial charge in [-0.3, -0.25) is 9.69 Å². The predicted octanol–water partition coefficient (Wildman–Crippen LogP) is 4.58. The van der Waals surface area contributed by atoms with Crippen molar-refractivity contribution in [3.63, 3.8) is 0 Å². The number of ether oxygens (including phenoxy) is 1. The van der Waals surface area contributed by atoms with E-state index in [4.69, 9.17) is 16.3 Å². The Bertz CT molecular complexity index is 820. The maximum atomic E-state index is 14.0. The summed E-state index contributed by atoms with van der Waals surface area (Å²) < 4.78 is 19.7. The molecule has 0 aromatic heterocycles. The van der Waals surface area contributed by atoms with Crippen LogP contribution in [0, 0.1) is 18.7 Å². The zero-order valence-corrected chi connectivity index (χ0v) is 17.7. The van der Waals surface area contributed by atoms with Gasteiger partial charge in [-0.2, -0.15) is 0 Å². The van der Waals surface area contributed by atoms with Crippen molar-refractivity contribution in [3.05, 3.63) is 64.4 Å². The smallest absolute Gasteiger partial charge is 0.223 e. The number of hydrogen-bond acceptors (Lipinski definition) is 3. The number of hydrogen-bond donors (Lipinski definition) is 1. The maximum Gasteiger partial charge on any atom is 0.223 e. The fourth-order valence-corrected chi connectivity index (χ4v) is 3.66. The molecule has 0 spiro atoms. The molecule has 29 heavy (non-hydrogen) atoms. The van der Waals surface area contributed by atoms with Crippen LogP contribution in [0.4, 0.5) is 4.39 Å². The monoisotopic (exact) mass is 418 g/mol. The summed E-state index contributed by atoms with van der Waals surface area (Å²) in [6.07, 6.45) is 1.54. The van der Waals surface area contributed by atoms with E-state index in [1.165, 1.54) is 11.6 Å². The second kappa shape index (κ2) is 10.1. The summed E-state index contributed by atoms with van der Waals surface area (Å²) in [6.45, 7) is 6.50. The van der Waals surface area contributed by atoms with Crippen molar-refractivity contribution in [3.8, 4) is 5.75 Å². The number of carbonyl (C=O) groups is 1.